The minimum absolute atomic E-state index is 0.462. The van der Waals surface area contributed by atoms with Crippen LogP contribution in [0.4, 0.5) is 0 Å². The molecule has 2 heteroatoms. The zero-order valence-corrected chi connectivity index (χ0v) is 9.51. The summed E-state index contributed by atoms with van der Waals surface area (Å²) in [5.41, 5.74) is 0. The second-order valence-corrected chi connectivity index (χ2v) is 4.87. The van der Waals surface area contributed by atoms with Gasteiger partial charge in [-0.15, -0.1) is 0 Å². The standard InChI is InChI=1S/C12H23NO/c1-10(2)7-8-13-9-11-3-5-12(14)6-4-11/h10-11,13H,3-9H2,1-2H3. The van der Waals surface area contributed by atoms with Gasteiger partial charge in [0.15, 0.2) is 0 Å². The van der Waals surface area contributed by atoms with Gasteiger partial charge in [0.1, 0.15) is 5.78 Å². The van der Waals surface area contributed by atoms with Crippen molar-refractivity contribution < 1.29 is 4.79 Å². The Morgan fingerprint density at radius 2 is 2.00 bits per heavy atom. The SMILES string of the molecule is CC(C)CCNCC1CCC(=O)CC1. The lowest BCUT2D eigenvalue weighted by molar-refractivity contribution is -0.120. The van der Waals surface area contributed by atoms with E-state index in [1.807, 2.05) is 0 Å². The molecule has 0 amide bonds. The molecule has 1 aliphatic rings. The number of hydrogen-bond acceptors (Lipinski definition) is 2. The lowest BCUT2D eigenvalue weighted by Crippen LogP contribution is -2.27. The number of nitrogens with one attached hydrogen (secondary N) is 1. The van der Waals surface area contributed by atoms with Crippen LogP contribution < -0.4 is 5.32 Å². The number of carbonyl (C=O) groups is 1. The molecule has 0 saturated heterocycles. The fourth-order valence-electron chi connectivity index (χ4n) is 1.90. The summed E-state index contributed by atoms with van der Waals surface area (Å²) in [5.74, 6) is 2.00. The zero-order valence-electron chi connectivity index (χ0n) is 9.51. The maximum atomic E-state index is 11.0. The van der Waals surface area contributed by atoms with Crippen LogP contribution in [0.5, 0.6) is 0 Å². The van der Waals surface area contributed by atoms with Crippen LogP contribution in [-0.2, 0) is 4.79 Å². The summed E-state index contributed by atoms with van der Waals surface area (Å²) in [6, 6.07) is 0. The summed E-state index contributed by atoms with van der Waals surface area (Å²) in [5, 5.41) is 3.49. The maximum Gasteiger partial charge on any atom is 0.132 e. The van der Waals surface area contributed by atoms with E-state index in [1.165, 1.54) is 6.42 Å². The van der Waals surface area contributed by atoms with E-state index in [2.05, 4.69) is 19.2 Å². The second-order valence-electron chi connectivity index (χ2n) is 4.87. The van der Waals surface area contributed by atoms with Crippen molar-refractivity contribution in [1.82, 2.24) is 5.32 Å². The molecule has 0 aliphatic heterocycles. The first-order valence-electron chi connectivity index (χ1n) is 5.91. The van der Waals surface area contributed by atoms with E-state index >= 15 is 0 Å². The third kappa shape index (κ3) is 4.75. The van der Waals surface area contributed by atoms with Gasteiger partial charge in [-0.1, -0.05) is 13.8 Å². The molecule has 0 aromatic rings. The van der Waals surface area contributed by atoms with Crippen molar-refractivity contribution in [2.75, 3.05) is 13.1 Å². The highest BCUT2D eigenvalue weighted by atomic mass is 16.1. The average molecular weight is 197 g/mol. The summed E-state index contributed by atoms with van der Waals surface area (Å²) in [4.78, 5) is 11.0. The third-order valence-corrected chi connectivity index (χ3v) is 2.99. The molecule has 1 fully saturated rings. The van der Waals surface area contributed by atoms with E-state index in [0.717, 1.165) is 50.6 Å². The third-order valence-electron chi connectivity index (χ3n) is 2.99. The monoisotopic (exact) mass is 197 g/mol. The molecule has 0 atom stereocenters. The second kappa shape index (κ2) is 6.18. The van der Waals surface area contributed by atoms with E-state index in [9.17, 15) is 4.79 Å². The molecule has 0 unspecified atom stereocenters. The lowest BCUT2D eigenvalue weighted by atomic mass is 9.88. The number of rotatable bonds is 5. The van der Waals surface area contributed by atoms with Crippen LogP contribution in [-0.4, -0.2) is 18.9 Å². The topological polar surface area (TPSA) is 29.1 Å². The Kier molecular flexibility index (Phi) is 5.16. The van der Waals surface area contributed by atoms with Gasteiger partial charge < -0.3 is 5.32 Å². The van der Waals surface area contributed by atoms with Gasteiger partial charge in [-0.05, 0) is 44.2 Å². The molecule has 82 valence electrons. The van der Waals surface area contributed by atoms with Crippen LogP contribution in [0.3, 0.4) is 0 Å². The first kappa shape index (κ1) is 11.7. The predicted molar refractivity (Wildman–Crippen MR) is 59.3 cm³/mol. The van der Waals surface area contributed by atoms with Crippen molar-refractivity contribution in [3.8, 4) is 0 Å². The minimum atomic E-state index is 0.462. The fourth-order valence-corrected chi connectivity index (χ4v) is 1.90. The molecule has 14 heavy (non-hydrogen) atoms. The van der Waals surface area contributed by atoms with Crippen molar-refractivity contribution in [2.24, 2.45) is 11.8 Å². The van der Waals surface area contributed by atoms with Crippen LogP contribution in [0.15, 0.2) is 0 Å². The summed E-state index contributed by atoms with van der Waals surface area (Å²) < 4.78 is 0. The Labute approximate surface area is 87.5 Å². The van der Waals surface area contributed by atoms with Gasteiger partial charge in [0.05, 0.1) is 0 Å². The lowest BCUT2D eigenvalue weighted by Gasteiger charge is -2.21. The highest BCUT2D eigenvalue weighted by Crippen LogP contribution is 2.20. The summed E-state index contributed by atoms with van der Waals surface area (Å²) in [7, 11) is 0. The molecule has 0 radical (unpaired) electrons. The molecule has 0 aromatic heterocycles. The highest BCUT2D eigenvalue weighted by Gasteiger charge is 2.17. The van der Waals surface area contributed by atoms with Crippen molar-refractivity contribution >= 4 is 5.78 Å². The molecular formula is C12H23NO. The van der Waals surface area contributed by atoms with E-state index in [4.69, 9.17) is 0 Å². The summed E-state index contributed by atoms with van der Waals surface area (Å²) in [6.07, 6.45) is 5.10. The van der Waals surface area contributed by atoms with Crippen LogP contribution >= 0.6 is 0 Å². The smallest absolute Gasteiger partial charge is 0.132 e. The largest absolute Gasteiger partial charge is 0.316 e. The fraction of sp³-hybridized carbons (Fsp3) is 0.917. The Balaban J connectivity index is 1.99. The summed E-state index contributed by atoms with van der Waals surface area (Å²) >= 11 is 0. The maximum absolute atomic E-state index is 11.0. The van der Waals surface area contributed by atoms with Gasteiger partial charge in [0.2, 0.25) is 0 Å². The number of Topliss-reactive ketones (excluding diaryl/α,β-unsaturated/α-hetero) is 1. The van der Waals surface area contributed by atoms with Gasteiger partial charge in [0.25, 0.3) is 0 Å². The normalized spacial score (nSPS) is 19.2. The number of ketones is 1. The first-order valence-corrected chi connectivity index (χ1v) is 5.91. The minimum Gasteiger partial charge on any atom is -0.316 e. The van der Waals surface area contributed by atoms with E-state index < -0.39 is 0 Å². The van der Waals surface area contributed by atoms with E-state index in [0.29, 0.717) is 5.78 Å². The van der Waals surface area contributed by atoms with Crippen molar-refractivity contribution in [1.29, 1.82) is 0 Å². The molecule has 0 aromatic carbocycles. The van der Waals surface area contributed by atoms with Crippen LogP contribution in [0.1, 0.15) is 46.0 Å². The Bertz CT molecular complexity index is 167. The molecule has 1 rings (SSSR count). The molecule has 2 nitrogen and oxygen atoms in total. The van der Waals surface area contributed by atoms with Crippen molar-refractivity contribution in [3.63, 3.8) is 0 Å². The van der Waals surface area contributed by atoms with Gasteiger partial charge in [-0.25, -0.2) is 0 Å². The van der Waals surface area contributed by atoms with Gasteiger partial charge in [0, 0.05) is 12.8 Å². The van der Waals surface area contributed by atoms with Crippen LogP contribution in [0, 0.1) is 11.8 Å². The molecule has 1 N–H and O–H groups in total. The van der Waals surface area contributed by atoms with Crippen molar-refractivity contribution in [2.45, 2.75) is 46.0 Å². The summed E-state index contributed by atoms with van der Waals surface area (Å²) in [6.45, 7) is 6.74. The Morgan fingerprint density at radius 1 is 1.36 bits per heavy atom. The quantitative estimate of drug-likeness (QED) is 0.686. The molecule has 1 saturated carbocycles. The first-order chi connectivity index (χ1) is 6.68. The van der Waals surface area contributed by atoms with Crippen molar-refractivity contribution in [3.05, 3.63) is 0 Å². The molecule has 0 bridgehead atoms. The Hall–Kier alpha value is -0.370. The Morgan fingerprint density at radius 3 is 2.57 bits per heavy atom. The molecule has 1 aliphatic carbocycles. The molecule has 0 heterocycles. The highest BCUT2D eigenvalue weighted by molar-refractivity contribution is 5.79. The molecular weight excluding hydrogens is 174 g/mol. The predicted octanol–water partition coefficient (Wildman–Crippen LogP) is 2.38. The van der Waals surface area contributed by atoms with E-state index in [1.54, 1.807) is 0 Å². The van der Waals surface area contributed by atoms with E-state index in [-0.39, 0.29) is 0 Å². The zero-order chi connectivity index (χ0) is 10.4. The van der Waals surface area contributed by atoms with Crippen LogP contribution in [0.25, 0.3) is 0 Å². The average Bonchev–Trinajstić information content (AvgIpc) is 2.15. The molecule has 0 spiro atoms. The van der Waals surface area contributed by atoms with Gasteiger partial charge in [-0.2, -0.15) is 0 Å². The van der Waals surface area contributed by atoms with Gasteiger partial charge >= 0.3 is 0 Å². The number of hydrogen-bond donors (Lipinski definition) is 1. The van der Waals surface area contributed by atoms with Crippen LogP contribution in [0.2, 0.25) is 0 Å². The van der Waals surface area contributed by atoms with Gasteiger partial charge in [-0.3, -0.25) is 4.79 Å². The number of carbonyl (C=O) groups excluding carboxylic acids is 1.